The summed E-state index contributed by atoms with van der Waals surface area (Å²) in [6.07, 6.45) is 1.37. The Labute approximate surface area is 197 Å². The van der Waals surface area contributed by atoms with Crippen LogP contribution in [0.2, 0.25) is 0 Å². The molecule has 1 spiro atoms. The lowest BCUT2D eigenvalue weighted by atomic mass is 9.79. The van der Waals surface area contributed by atoms with Crippen molar-refractivity contribution in [3.63, 3.8) is 0 Å². The third kappa shape index (κ3) is 3.27. The maximum Gasteiger partial charge on any atom is 0.336 e. The second-order valence-electron chi connectivity index (χ2n) is 8.36. The lowest BCUT2D eigenvalue weighted by molar-refractivity contribution is 0.262. The van der Waals surface area contributed by atoms with Crippen molar-refractivity contribution in [1.82, 2.24) is 4.98 Å². The van der Waals surface area contributed by atoms with E-state index in [0.717, 1.165) is 0 Å². The van der Waals surface area contributed by atoms with E-state index in [1.807, 2.05) is 0 Å². The number of benzene rings is 2. The number of rotatable bonds is 2. The molecule has 9 heteroatoms. The molecule has 0 aliphatic carbocycles. The van der Waals surface area contributed by atoms with Crippen LogP contribution in [0.1, 0.15) is 16.9 Å². The summed E-state index contributed by atoms with van der Waals surface area (Å²) in [7, 11) is 0. The summed E-state index contributed by atoms with van der Waals surface area (Å²) < 4.78 is 46.4. The SMILES string of the molecule is Cc1cc(-c2cc(F)c3c(c2)[C@]2(COC(N)=N2)c2cc(-c4cccnc4F)ccc2O3)cc(=O)o1. The van der Waals surface area contributed by atoms with E-state index in [0.29, 0.717) is 44.9 Å². The number of aryl methyl sites for hydroxylation is 1. The van der Waals surface area contributed by atoms with Gasteiger partial charge in [-0.15, -0.1) is 0 Å². The summed E-state index contributed by atoms with van der Waals surface area (Å²) in [5.41, 5.74) is 6.77. The van der Waals surface area contributed by atoms with Crippen LogP contribution in [0.5, 0.6) is 11.5 Å². The van der Waals surface area contributed by atoms with Crippen LogP contribution in [0.3, 0.4) is 0 Å². The zero-order chi connectivity index (χ0) is 24.3. The van der Waals surface area contributed by atoms with Gasteiger partial charge in [-0.05, 0) is 66.1 Å². The summed E-state index contributed by atoms with van der Waals surface area (Å²) in [5, 5.41) is 0. The molecule has 0 radical (unpaired) electrons. The molecule has 1 atom stereocenters. The van der Waals surface area contributed by atoms with E-state index in [-0.39, 0.29) is 18.4 Å². The fourth-order valence-corrected chi connectivity index (χ4v) is 4.62. The molecule has 7 nitrogen and oxygen atoms in total. The Morgan fingerprint density at radius 1 is 1.00 bits per heavy atom. The highest BCUT2D eigenvalue weighted by Crippen LogP contribution is 2.53. The molecule has 2 aromatic heterocycles. The van der Waals surface area contributed by atoms with Crippen LogP contribution in [0, 0.1) is 18.7 Å². The summed E-state index contributed by atoms with van der Waals surface area (Å²) in [6, 6.07) is 14.1. The average Bonchev–Trinajstić information content (AvgIpc) is 3.21. The number of pyridine rings is 1. The smallest absolute Gasteiger partial charge is 0.336 e. The van der Waals surface area contributed by atoms with E-state index in [2.05, 4.69) is 9.98 Å². The molecule has 0 fully saturated rings. The summed E-state index contributed by atoms with van der Waals surface area (Å²) in [4.78, 5) is 20.2. The van der Waals surface area contributed by atoms with Gasteiger partial charge >= 0.3 is 5.63 Å². The largest absolute Gasteiger partial charge is 0.462 e. The maximum atomic E-state index is 15.4. The summed E-state index contributed by atoms with van der Waals surface area (Å²) in [6.45, 7) is 1.62. The maximum absolute atomic E-state index is 15.4. The molecule has 4 heterocycles. The topological polar surface area (TPSA) is 99.9 Å². The van der Waals surface area contributed by atoms with Gasteiger partial charge in [0.25, 0.3) is 6.02 Å². The van der Waals surface area contributed by atoms with Gasteiger partial charge < -0.3 is 19.6 Å². The Balaban J connectivity index is 1.60. The summed E-state index contributed by atoms with van der Waals surface area (Å²) >= 11 is 0. The van der Waals surface area contributed by atoms with Crippen LogP contribution in [-0.2, 0) is 10.3 Å². The van der Waals surface area contributed by atoms with E-state index >= 15 is 4.39 Å². The number of aromatic nitrogens is 1. The molecule has 0 bridgehead atoms. The number of fused-ring (bicyclic) bond motifs is 4. The molecule has 174 valence electrons. The third-order valence-electron chi connectivity index (χ3n) is 6.15. The van der Waals surface area contributed by atoms with Gasteiger partial charge in [-0.3, -0.25) is 0 Å². The molecule has 2 aliphatic rings. The standard InChI is InChI=1S/C26H17F2N3O4/c1-13-7-15(11-22(32)34-13)16-9-19-23(20(27)10-16)35-21-5-4-14(17-3-2-6-30-24(17)28)8-18(21)26(19)12-33-25(29)31-26/h2-11H,12H2,1H3,(H2,29,31)/t26-/m0/s1. The van der Waals surface area contributed by atoms with Crippen molar-refractivity contribution in [3.8, 4) is 33.8 Å². The Bertz CT molecular complexity index is 1610. The van der Waals surface area contributed by atoms with Crippen molar-refractivity contribution in [2.75, 3.05) is 6.61 Å². The first kappa shape index (κ1) is 21.0. The number of nitrogens with zero attached hydrogens (tertiary/aromatic N) is 2. The highest BCUT2D eigenvalue weighted by molar-refractivity contribution is 5.79. The normalized spacial score (nSPS) is 17.9. The first-order chi connectivity index (χ1) is 16.8. The monoisotopic (exact) mass is 473 g/mol. The molecule has 2 aromatic carbocycles. The molecule has 35 heavy (non-hydrogen) atoms. The number of ether oxygens (including phenoxy) is 2. The van der Waals surface area contributed by atoms with E-state index < -0.39 is 22.9 Å². The minimum Gasteiger partial charge on any atom is -0.462 e. The second-order valence-corrected chi connectivity index (χ2v) is 8.36. The van der Waals surface area contributed by atoms with Gasteiger partial charge in [0.2, 0.25) is 5.95 Å². The highest BCUT2D eigenvalue weighted by atomic mass is 19.1. The lowest BCUT2D eigenvalue weighted by Crippen LogP contribution is -2.31. The Morgan fingerprint density at radius 3 is 2.54 bits per heavy atom. The zero-order valence-corrected chi connectivity index (χ0v) is 18.3. The molecular formula is C26H17F2N3O4. The molecule has 2 aliphatic heterocycles. The first-order valence-corrected chi connectivity index (χ1v) is 10.7. The van der Waals surface area contributed by atoms with Gasteiger partial charge in [-0.25, -0.2) is 19.2 Å². The highest BCUT2D eigenvalue weighted by Gasteiger charge is 2.48. The fraction of sp³-hybridized carbons (Fsp3) is 0.115. The lowest BCUT2D eigenvalue weighted by Gasteiger charge is -2.34. The second kappa shape index (κ2) is 7.49. The van der Waals surface area contributed by atoms with Crippen LogP contribution >= 0.6 is 0 Å². The average molecular weight is 473 g/mol. The van der Waals surface area contributed by atoms with Gasteiger partial charge in [0.05, 0.1) is 0 Å². The van der Waals surface area contributed by atoms with Crippen molar-refractivity contribution in [3.05, 3.63) is 99.9 Å². The van der Waals surface area contributed by atoms with Crippen molar-refractivity contribution in [2.45, 2.75) is 12.5 Å². The number of amidine groups is 1. The quantitative estimate of drug-likeness (QED) is 0.426. The van der Waals surface area contributed by atoms with Crippen LogP contribution < -0.4 is 16.1 Å². The van der Waals surface area contributed by atoms with E-state index in [1.54, 1.807) is 49.4 Å². The molecule has 4 aromatic rings. The third-order valence-corrected chi connectivity index (χ3v) is 6.15. The van der Waals surface area contributed by atoms with E-state index in [1.165, 1.54) is 18.3 Å². The Hall–Kier alpha value is -4.53. The Morgan fingerprint density at radius 2 is 1.80 bits per heavy atom. The van der Waals surface area contributed by atoms with Gasteiger partial charge in [0, 0.05) is 29.0 Å². The molecule has 0 unspecified atom stereocenters. The Kier molecular flexibility index (Phi) is 4.50. The van der Waals surface area contributed by atoms with E-state index in [9.17, 15) is 9.18 Å². The van der Waals surface area contributed by atoms with Crippen LogP contribution in [0.25, 0.3) is 22.3 Å². The molecule has 0 saturated carbocycles. The van der Waals surface area contributed by atoms with E-state index in [4.69, 9.17) is 19.6 Å². The molecule has 0 saturated heterocycles. The van der Waals surface area contributed by atoms with Gasteiger partial charge in [0.15, 0.2) is 17.1 Å². The van der Waals surface area contributed by atoms with Crippen LogP contribution in [0.4, 0.5) is 8.78 Å². The number of hydrogen-bond donors (Lipinski definition) is 1. The minimum atomic E-state index is -1.24. The predicted octanol–water partition coefficient (Wildman–Crippen LogP) is 4.65. The summed E-state index contributed by atoms with van der Waals surface area (Å²) in [5.74, 6) is -0.567. The van der Waals surface area contributed by atoms with Gasteiger partial charge in [-0.1, -0.05) is 6.07 Å². The number of hydrogen-bond acceptors (Lipinski definition) is 7. The molecule has 0 amide bonds. The van der Waals surface area contributed by atoms with Crippen LogP contribution in [-0.4, -0.2) is 17.6 Å². The fourth-order valence-electron chi connectivity index (χ4n) is 4.62. The minimum absolute atomic E-state index is 0.0139. The first-order valence-electron chi connectivity index (χ1n) is 10.7. The molecule has 6 rings (SSSR count). The van der Waals surface area contributed by atoms with Crippen molar-refractivity contribution in [2.24, 2.45) is 10.7 Å². The van der Waals surface area contributed by atoms with Gasteiger partial charge in [0.1, 0.15) is 18.1 Å². The zero-order valence-electron chi connectivity index (χ0n) is 18.3. The van der Waals surface area contributed by atoms with Crippen molar-refractivity contribution < 1.29 is 22.7 Å². The van der Waals surface area contributed by atoms with Crippen LogP contribution in [0.15, 0.2) is 75.0 Å². The van der Waals surface area contributed by atoms with Gasteiger partial charge in [-0.2, -0.15) is 4.39 Å². The number of aliphatic imine (C=N–C) groups is 1. The molecule has 2 N–H and O–H groups in total. The number of nitrogens with two attached hydrogens (primary N) is 1. The van der Waals surface area contributed by atoms with Crippen molar-refractivity contribution >= 4 is 6.02 Å². The number of halogens is 2. The predicted molar refractivity (Wildman–Crippen MR) is 123 cm³/mol. The van der Waals surface area contributed by atoms with Crippen molar-refractivity contribution in [1.29, 1.82) is 0 Å². The molecular weight excluding hydrogens is 456 g/mol.